The zero-order valence-corrected chi connectivity index (χ0v) is 17.7. The van der Waals surface area contributed by atoms with Gasteiger partial charge in [-0.1, -0.05) is 46.8 Å². The van der Waals surface area contributed by atoms with E-state index in [0.29, 0.717) is 34.0 Å². The molecule has 146 valence electrons. The van der Waals surface area contributed by atoms with Crippen molar-refractivity contribution in [1.29, 1.82) is 0 Å². The topological polar surface area (TPSA) is 20.2 Å². The molecule has 1 unspecified atom stereocenters. The first-order valence-corrected chi connectivity index (χ1v) is 11.6. The van der Waals surface area contributed by atoms with Crippen molar-refractivity contribution in [1.82, 2.24) is 0 Å². The van der Waals surface area contributed by atoms with Gasteiger partial charge in [-0.25, -0.2) is 0 Å². The molecule has 26 heavy (non-hydrogen) atoms. The molecule has 6 rings (SSSR count). The van der Waals surface area contributed by atoms with Gasteiger partial charge >= 0.3 is 0 Å². The largest absolute Gasteiger partial charge is 0.393 e. The summed E-state index contributed by atoms with van der Waals surface area (Å²) in [7, 11) is 0. The molecular weight excluding hydrogens is 336 g/mol. The van der Waals surface area contributed by atoms with Crippen LogP contribution in [-0.4, -0.2) is 11.2 Å². The summed E-state index contributed by atoms with van der Waals surface area (Å²) >= 11 is 0. The molecule has 6 saturated carbocycles. The Morgan fingerprint density at radius 2 is 1.73 bits per heavy atom. The van der Waals surface area contributed by atoms with Gasteiger partial charge in [0, 0.05) is 0 Å². The van der Waals surface area contributed by atoms with E-state index in [4.69, 9.17) is 6.58 Å². The fourth-order valence-corrected chi connectivity index (χ4v) is 9.99. The summed E-state index contributed by atoms with van der Waals surface area (Å²) in [5, 5.41) is 11.0. The molecule has 0 aromatic carbocycles. The van der Waals surface area contributed by atoms with Gasteiger partial charge in [0.2, 0.25) is 0 Å². The summed E-state index contributed by atoms with van der Waals surface area (Å²) < 4.78 is 0. The van der Waals surface area contributed by atoms with Crippen molar-refractivity contribution in [3.05, 3.63) is 12.2 Å². The summed E-state index contributed by atoms with van der Waals surface area (Å²) in [6.07, 6.45) is 9.33. The van der Waals surface area contributed by atoms with Crippen LogP contribution < -0.4 is 0 Å². The molecule has 0 radical (unpaired) electrons. The summed E-state index contributed by atoms with van der Waals surface area (Å²) in [6.45, 7) is 17.1. The van der Waals surface area contributed by atoms with Crippen molar-refractivity contribution in [3.63, 3.8) is 0 Å². The van der Waals surface area contributed by atoms with Crippen molar-refractivity contribution in [2.75, 3.05) is 0 Å². The molecular formula is C25H40O. The fourth-order valence-electron chi connectivity index (χ4n) is 9.99. The minimum atomic E-state index is -0.0837. The van der Waals surface area contributed by atoms with E-state index in [2.05, 4.69) is 34.6 Å². The second-order valence-electron chi connectivity index (χ2n) is 12.0. The maximum Gasteiger partial charge on any atom is 0.0579 e. The van der Waals surface area contributed by atoms with Crippen LogP contribution in [0.25, 0.3) is 0 Å². The summed E-state index contributed by atoms with van der Waals surface area (Å²) in [6, 6.07) is 0. The zero-order valence-electron chi connectivity index (χ0n) is 17.7. The number of hydrogen-bond donors (Lipinski definition) is 1. The maximum atomic E-state index is 11.0. The molecule has 0 aliphatic heterocycles. The van der Waals surface area contributed by atoms with Crippen LogP contribution in [-0.2, 0) is 0 Å². The number of fused-ring (bicyclic) bond motifs is 3. The monoisotopic (exact) mass is 376 g/mol. The Hall–Kier alpha value is -0.300. The summed E-state index contributed by atoms with van der Waals surface area (Å²) in [4.78, 5) is 0. The summed E-state index contributed by atoms with van der Waals surface area (Å²) in [5.41, 5.74) is 2.94. The normalized spacial score (nSPS) is 61.9. The average molecular weight is 376 g/mol. The van der Waals surface area contributed by atoms with Crippen LogP contribution in [0, 0.1) is 57.7 Å². The smallest absolute Gasteiger partial charge is 0.0579 e. The first-order chi connectivity index (χ1) is 12.2. The minimum Gasteiger partial charge on any atom is -0.393 e. The van der Waals surface area contributed by atoms with Crippen LogP contribution in [0.5, 0.6) is 0 Å². The molecule has 0 aromatic rings. The second-order valence-corrected chi connectivity index (χ2v) is 12.0. The number of allylic oxidation sites excluding steroid dienone is 1. The predicted molar refractivity (Wildman–Crippen MR) is 108 cm³/mol. The highest BCUT2D eigenvalue weighted by molar-refractivity contribution is 5.42. The van der Waals surface area contributed by atoms with E-state index in [-0.39, 0.29) is 6.10 Å². The minimum absolute atomic E-state index is 0.0837. The lowest BCUT2D eigenvalue weighted by Crippen LogP contribution is -2.63. The molecule has 1 N–H and O–H groups in total. The van der Waals surface area contributed by atoms with E-state index >= 15 is 0 Å². The van der Waals surface area contributed by atoms with E-state index in [1.807, 2.05) is 0 Å². The Bertz CT molecular complexity index is 636. The Labute approximate surface area is 161 Å². The zero-order chi connectivity index (χ0) is 18.6. The molecule has 2 spiro atoms. The van der Waals surface area contributed by atoms with Gasteiger partial charge in [0.15, 0.2) is 0 Å². The molecule has 6 aliphatic rings. The van der Waals surface area contributed by atoms with Crippen LogP contribution in [0.15, 0.2) is 12.2 Å². The number of aliphatic hydroxyl groups excluding tert-OH is 1. The van der Waals surface area contributed by atoms with Crippen molar-refractivity contribution in [2.24, 2.45) is 57.7 Å². The highest BCUT2D eigenvalue weighted by Gasteiger charge is 2.76. The van der Waals surface area contributed by atoms with Gasteiger partial charge in [-0.3, -0.25) is 0 Å². The van der Waals surface area contributed by atoms with E-state index in [1.165, 1.54) is 38.5 Å². The molecule has 2 bridgehead atoms. The molecule has 1 heteroatoms. The van der Waals surface area contributed by atoms with Crippen LogP contribution >= 0.6 is 0 Å². The fraction of sp³-hybridized carbons (Fsp3) is 0.920. The standard InChI is InChI=1S/C25H40O/c1-14(2)22-19-12-25-17(5)24(16(4)7-8-21(24)25)10-9-15(3)18(25)11-23(19,6)13-20(22)26/h14-16,18-22,26H,5,7-13H2,1-4,6H3/t15-,16-,18+,19-,20+,21+,22+,23-,24+,25-/m0/s1/i1+1,3+1,4+1,5+1,6+1,8+1,10+1,11+1,12+1,13+1,14+1,15+1,16+1,17+1,18+1,19+1,20+1,21+1,23+1,24+1/t14?,15-,16-,18+,19-,20+,21+,22+,23-,24+,25-. The van der Waals surface area contributed by atoms with E-state index in [9.17, 15) is 5.11 Å². The molecule has 11 atom stereocenters. The predicted octanol–water partition coefficient (Wildman–Crippen LogP) is 6.07. The van der Waals surface area contributed by atoms with Gasteiger partial charge in [0.25, 0.3) is 0 Å². The number of aliphatic hydroxyl groups is 1. The SMILES string of the molecule is C[13CH]([13CH3])[C@H]1[13C@H](O)[13CH2][13C@]2([13CH3])[13CH2][13C@@H]3[13C@@H]([13CH3])C[13CH2][13C@@]45[13C](=[13CH2])[C@]3([13CH2][13C@@H]12)[13C@@H]4[13CH2]C[13C@@H]5[13CH3]. The third kappa shape index (κ3) is 1.74. The third-order valence-corrected chi connectivity index (χ3v) is 11.0. The van der Waals surface area contributed by atoms with E-state index in [0.717, 1.165) is 30.1 Å². The van der Waals surface area contributed by atoms with Gasteiger partial charge in [-0.05, 0) is 103 Å². The molecule has 6 aliphatic carbocycles. The highest BCUT2D eigenvalue weighted by atomic mass is 16.4. The van der Waals surface area contributed by atoms with Gasteiger partial charge in [0.05, 0.1) is 6.10 Å². The molecule has 0 saturated heterocycles. The van der Waals surface area contributed by atoms with Crippen LogP contribution in [0.3, 0.4) is 0 Å². The van der Waals surface area contributed by atoms with Gasteiger partial charge < -0.3 is 5.11 Å². The van der Waals surface area contributed by atoms with Crippen molar-refractivity contribution in [2.45, 2.75) is 85.7 Å². The van der Waals surface area contributed by atoms with Gasteiger partial charge in [-0.2, -0.15) is 0 Å². The molecule has 6 fully saturated rings. The Kier molecular flexibility index (Phi) is 3.55. The lowest BCUT2D eigenvalue weighted by atomic mass is 10.0. The Morgan fingerprint density at radius 1 is 1.00 bits per heavy atom. The van der Waals surface area contributed by atoms with Crippen molar-refractivity contribution in [3.8, 4) is 0 Å². The lowest BCUT2D eigenvalue weighted by molar-refractivity contribution is -0.141. The van der Waals surface area contributed by atoms with Gasteiger partial charge in [-0.15, -0.1) is 0 Å². The number of hydrogen-bond acceptors (Lipinski definition) is 1. The van der Waals surface area contributed by atoms with Crippen LogP contribution in [0.2, 0.25) is 0 Å². The van der Waals surface area contributed by atoms with E-state index in [1.54, 1.807) is 5.57 Å². The third-order valence-electron chi connectivity index (χ3n) is 11.0. The average Bonchev–Trinajstić information content (AvgIpc) is 2.94. The molecule has 1 nitrogen and oxygen atoms in total. The van der Waals surface area contributed by atoms with E-state index < -0.39 is 0 Å². The lowest BCUT2D eigenvalue weighted by Gasteiger charge is -2.70. The Balaban J connectivity index is 1.61. The molecule has 0 aromatic heterocycles. The maximum absolute atomic E-state index is 11.0. The van der Waals surface area contributed by atoms with Crippen molar-refractivity contribution < 1.29 is 5.11 Å². The first-order valence-electron chi connectivity index (χ1n) is 11.6. The van der Waals surface area contributed by atoms with Crippen molar-refractivity contribution >= 4 is 0 Å². The van der Waals surface area contributed by atoms with Crippen LogP contribution in [0.1, 0.15) is 79.6 Å². The second kappa shape index (κ2) is 5.19. The molecule has 0 amide bonds. The number of rotatable bonds is 1. The Morgan fingerprint density at radius 3 is 2.42 bits per heavy atom. The summed E-state index contributed by atoms with van der Waals surface area (Å²) in [5.74, 6) is 5.19. The highest BCUT2D eigenvalue weighted by Crippen LogP contribution is 2.83. The van der Waals surface area contributed by atoms with Gasteiger partial charge in [0.1, 0.15) is 0 Å². The van der Waals surface area contributed by atoms with Crippen LogP contribution in [0.4, 0.5) is 0 Å². The quantitative estimate of drug-likeness (QED) is 0.435. The first kappa shape index (κ1) is 17.8. The molecule has 0 heterocycles.